The Hall–Kier alpha value is -1.69. The minimum Gasteiger partial charge on any atom is -0.465 e. The van der Waals surface area contributed by atoms with Gasteiger partial charge in [-0.1, -0.05) is 0 Å². The summed E-state index contributed by atoms with van der Waals surface area (Å²) in [6.45, 7) is 3.03. The number of methoxy groups -OCH3 is 1. The average Bonchev–Trinajstić information content (AvgIpc) is 2.46. The molecule has 2 N–H and O–H groups in total. The van der Waals surface area contributed by atoms with Gasteiger partial charge in [0, 0.05) is 18.9 Å². The number of anilines is 1. The van der Waals surface area contributed by atoms with Gasteiger partial charge < -0.3 is 15.4 Å². The number of hydrogen-bond donors (Lipinski definition) is 2. The van der Waals surface area contributed by atoms with Crippen LogP contribution in [0.1, 0.15) is 23.2 Å². The molecule has 1 aliphatic rings. The Morgan fingerprint density at radius 2 is 2.11 bits per heavy atom. The first kappa shape index (κ1) is 12.8. The van der Waals surface area contributed by atoms with Crippen LogP contribution in [0.4, 0.5) is 5.95 Å². The quantitative estimate of drug-likeness (QED) is 0.765. The molecule has 1 aromatic rings. The van der Waals surface area contributed by atoms with E-state index in [1.54, 1.807) is 0 Å². The molecule has 1 saturated heterocycles. The van der Waals surface area contributed by atoms with Gasteiger partial charge in [0.25, 0.3) is 0 Å². The van der Waals surface area contributed by atoms with Crippen molar-refractivity contribution in [3.05, 3.63) is 18.0 Å². The fraction of sp³-hybridized carbons (Fsp3) is 0.583. The summed E-state index contributed by atoms with van der Waals surface area (Å²) in [5.41, 5.74) is 0.366. The summed E-state index contributed by atoms with van der Waals surface area (Å²) in [7, 11) is 1.34. The van der Waals surface area contributed by atoms with Gasteiger partial charge in [-0.2, -0.15) is 0 Å². The molecule has 1 aromatic heterocycles. The maximum atomic E-state index is 11.2. The molecule has 0 aromatic carbocycles. The highest BCUT2D eigenvalue weighted by atomic mass is 16.5. The molecule has 0 bridgehead atoms. The molecule has 18 heavy (non-hydrogen) atoms. The topological polar surface area (TPSA) is 76.1 Å². The Balaban J connectivity index is 1.84. The van der Waals surface area contributed by atoms with Crippen molar-refractivity contribution in [1.82, 2.24) is 15.3 Å². The van der Waals surface area contributed by atoms with Gasteiger partial charge in [0.2, 0.25) is 5.95 Å². The van der Waals surface area contributed by atoms with Crippen LogP contribution in [0.25, 0.3) is 0 Å². The Labute approximate surface area is 106 Å². The number of carbonyl (C=O) groups excluding carboxylic acids is 1. The lowest BCUT2D eigenvalue weighted by Crippen LogP contribution is -2.31. The van der Waals surface area contributed by atoms with Gasteiger partial charge in [-0.15, -0.1) is 0 Å². The maximum absolute atomic E-state index is 11.2. The fourth-order valence-corrected chi connectivity index (χ4v) is 1.96. The van der Waals surface area contributed by atoms with Crippen LogP contribution in [0.15, 0.2) is 12.4 Å². The van der Waals surface area contributed by atoms with Gasteiger partial charge in [-0.25, -0.2) is 14.8 Å². The molecule has 0 saturated carbocycles. The van der Waals surface area contributed by atoms with Gasteiger partial charge in [-0.05, 0) is 31.8 Å². The van der Waals surface area contributed by atoms with E-state index in [-0.39, 0.29) is 0 Å². The van der Waals surface area contributed by atoms with Crippen LogP contribution in [0.3, 0.4) is 0 Å². The molecule has 1 aliphatic heterocycles. The van der Waals surface area contributed by atoms with Gasteiger partial charge in [0.1, 0.15) is 0 Å². The van der Waals surface area contributed by atoms with Gasteiger partial charge in [0.05, 0.1) is 12.7 Å². The van der Waals surface area contributed by atoms with Gasteiger partial charge in [0.15, 0.2) is 0 Å². The molecule has 98 valence electrons. The van der Waals surface area contributed by atoms with Crippen LogP contribution in [0.5, 0.6) is 0 Å². The molecular formula is C12H18N4O2. The van der Waals surface area contributed by atoms with E-state index in [1.165, 1.54) is 32.3 Å². The van der Waals surface area contributed by atoms with Crippen LogP contribution in [0.2, 0.25) is 0 Å². The highest BCUT2D eigenvalue weighted by molar-refractivity contribution is 5.88. The van der Waals surface area contributed by atoms with Crippen LogP contribution in [0, 0.1) is 5.92 Å². The number of ether oxygens (including phenoxy) is 1. The average molecular weight is 250 g/mol. The predicted molar refractivity (Wildman–Crippen MR) is 67.5 cm³/mol. The summed E-state index contributed by atoms with van der Waals surface area (Å²) in [6, 6.07) is 0. The third-order valence-corrected chi connectivity index (χ3v) is 3.08. The second kappa shape index (κ2) is 6.30. The lowest BCUT2D eigenvalue weighted by Gasteiger charge is -2.22. The molecule has 0 amide bonds. The molecule has 0 aliphatic carbocycles. The van der Waals surface area contributed by atoms with E-state index in [4.69, 9.17) is 0 Å². The van der Waals surface area contributed by atoms with Crippen molar-refractivity contribution in [2.45, 2.75) is 12.8 Å². The van der Waals surface area contributed by atoms with Crippen molar-refractivity contribution in [3.63, 3.8) is 0 Å². The first-order valence-corrected chi connectivity index (χ1v) is 6.14. The SMILES string of the molecule is COC(=O)c1cnc(NCC2CCNCC2)nc1. The Bertz CT molecular complexity index is 388. The number of carbonyl (C=O) groups is 1. The number of hydrogen-bond acceptors (Lipinski definition) is 6. The van der Waals surface area contributed by atoms with Gasteiger partial charge in [-0.3, -0.25) is 0 Å². The number of esters is 1. The van der Waals surface area contributed by atoms with E-state index < -0.39 is 5.97 Å². The Kier molecular flexibility index (Phi) is 4.46. The summed E-state index contributed by atoms with van der Waals surface area (Å²) in [6.07, 6.45) is 5.30. The van der Waals surface area contributed by atoms with Crippen LogP contribution in [-0.2, 0) is 4.74 Å². The summed E-state index contributed by atoms with van der Waals surface area (Å²) in [5, 5.41) is 6.53. The molecule has 0 spiro atoms. The van der Waals surface area contributed by atoms with Crippen molar-refractivity contribution in [1.29, 1.82) is 0 Å². The smallest absolute Gasteiger partial charge is 0.341 e. The zero-order chi connectivity index (χ0) is 12.8. The monoisotopic (exact) mass is 250 g/mol. The number of piperidine rings is 1. The summed E-state index contributed by atoms with van der Waals surface area (Å²) >= 11 is 0. The highest BCUT2D eigenvalue weighted by Crippen LogP contribution is 2.12. The summed E-state index contributed by atoms with van der Waals surface area (Å²) in [4.78, 5) is 19.4. The lowest BCUT2D eigenvalue weighted by molar-refractivity contribution is 0.0600. The van der Waals surface area contributed by atoms with Crippen LogP contribution >= 0.6 is 0 Å². The number of rotatable bonds is 4. The normalized spacial score (nSPS) is 16.3. The van der Waals surface area contributed by atoms with Crippen molar-refractivity contribution in [3.8, 4) is 0 Å². The van der Waals surface area contributed by atoms with Crippen molar-refractivity contribution < 1.29 is 9.53 Å². The van der Waals surface area contributed by atoms with Crippen molar-refractivity contribution >= 4 is 11.9 Å². The lowest BCUT2D eigenvalue weighted by atomic mass is 9.98. The van der Waals surface area contributed by atoms with E-state index in [1.807, 2.05) is 0 Å². The molecule has 6 nitrogen and oxygen atoms in total. The molecular weight excluding hydrogens is 232 g/mol. The predicted octanol–water partition coefficient (Wildman–Crippen LogP) is 0.675. The van der Waals surface area contributed by atoms with E-state index in [0.29, 0.717) is 17.4 Å². The first-order valence-electron chi connectivity index (χ1n) is 6.14. The van der Waals surface area contributed by atoms with E-state index in [0.717, 1.165) is 19.6 Å². The second-order valence-electron chi connectivity index (χ2n) is 4.36. The fourth-order valence-electron chi connectivity index (χ4n) is 1.96. The molecule has 6 heteroatoms. The number of nitrogens with one attached hydrogen (secondary N) is 2. The third kappa shape index (κ3) is 3.40. The highest BCUT2D eigenvalue weighted by Gasteiger charge is 2.13. The minimum absolute atomic E-state index is 0.366. The van der Waals surface area contributed by atoms with E-state index in [9.17, 15) is 4.79 Å². The van der Waals surface area contributed by atoms with Crippen LogP contribution in [-0.4, -0.2) is 42.7 Å². The van der Waals surface area contributed by atoms with Crippen molar-refractivity contribution in [2.24, 2.45) is 5.92 Å². The molecule has 0 atom stereocenters. The number of nitrogens with zero attached hydrogens (tertiary/aromatic N) is 2. The zero-order valence-corrected chi connectivity index (χ0v) is 10.5. The van der Waals surface area contributed by atoms with E-state index in [2.05, 4.69) is 25.3 Å². The summed E-state index contributed by atoms with van der Waals surface area (Å²) < 4.78 is 4.58. The Morgan fingerprint density at radius 1 is 1.44 bits per heavy atom. The zero-order valence-electron chi connectivity index (χ0n) is 10.5. The molecule has 2 heterocycles. The third-order valence-electron chi connectivity index (χ3n) is 3.08. The standard InChI is InChI=1S/C12H18N4O2/c1-18-11(17)10-7-15-12(16-8-10)14-6-9-2-4-13-5-3-9/h7-9,13H,2-6H2,1H3,(H,14,15,16). The van der Waals surface area contributed by atoms with Crippen molar-refractivity contribution in [2.75, 3.05) is 32.1 Å². The van der Waals surface area contributed by atoms with Crippen LogP contribution < -0.4 is 10.6 Å². The first-order chi connectivity index (χ1) is 8.79. The largest absolute Gasteiger partial charge is 0.465 e. The van der Waals surface area contributed by atoms with Gasteiger partial charge >= 0.3 is 5.97 Å². The van der Waals surface area contributed by atoms with E-state index >= 15 is 0 Å². The molecule has 1 fully saturated rings. The molecule has 2 rings (SSSR count). The summed E-state index contributed by atoms with van der Waals surface area (Å²) in [5.74, 6) is 0.802. The number of aromatic nitrogens is 2. The maximum Gasteiger partial charge on any atom is 0.341 e. The Morgan fingerprint density at radius 3 is 2.72 bits per heavy atom. The molecule has 0 radical (unpaired) electrons. The minimum atomic E-state index is -0.417. The molecule has 0 unspecified atom stereocenters. The second-order valence-corrected chi connectivity index (χ2v) is 4.36.